The standard InChI is InChI=1S/C5H7NO2S.Na.H/c7-1-5(8)4-2-9-3-6-4;;/h1,4,6H,2-3H2;;/q;+1;-1. The van der Waals surface area contributed by atoms with Gasteiger partial charge in [0.15, 0.2) is 6.29 Å². The van der Waals surface area contributed by atoms with Crippen LogP contribution in [0.1, 0.15) is 1.43 Å². The second-order valence-corrected chi connectivity index (χ2v) is 2.82. The number of carbonyl (C=O) groups is 2. The Kier molecular flexibility index (Phi) is 5.67. The van der Waals surface area contributed by atoms with Crippen LogP contribution < -0.4 is 34.9 Å². The number of rotatable bonds is 2. The smallest absolute Gasteiger partial charge is 1.00 e. The Morgan fingerprint density at radius 1 is 1.80 bits per heavy atom. The maximum atomic E-state index is 10.6. The van der Waals surface area contributed by atoms with Crippen molar-refractivity contribution in [2.75, 3.05) is 11.6 Å². The van der Waals surface area contributed by atoms with Crippen molar-refractivity contribution in [2.24, 2.45) is 0 Å². The third-order valence-electron chi connectivity index (χ3n) is 1.18. The van der Waals surface area contributed by atoms with E-state index in [1.54, 1.807) is 11.8 Å². The molecule has 1 atom stereocenters. The molecule has 1 aliphatic heterocycles. The molecule has 52 valence electrons. The van der Waals surface area contributed by atoms with Gasteiger partial charge in [0.1, 0.15) is 0 Å². The molecular formula is C5H8NNaO2S. The van der Waals surface area contributed by atoms with Crippen LogP contribution in [0, 0.1) is 0 Å². The molecule has 1 heterocycles. The third-order valence-corrected chi connectivity index (χ3v) is 2.12. The summed E-state index contributed by atoms with van der Waals surface area (Å²) in [6, 6.07) is -0.215. The zero-order chi connectivity index (χ0) is 6.69. The molecule has 1 unspecified atom stereocenters. The second-order valence-electron chi connectivity index (χ2n) is 1.79. The molecule has 5 heteroatoms. The van der Waals surface area contributed by atoms with E-state index in [0.29, 0.717) is 6.29 Å². The number of hydrogen-bond acceptors (Lipinski definition) is 4. The summed E-state index contributed by atoms with van der Waals surface area (Å²) in [5.41, 5.74) is 0. The molecule has 10 heavy (non-hydrogen) atoms. The van der Waals surface area contributed by atoms with Gasteiger partial charge in [-0.2, -0.15) is 0 Å². The van der Waals surface area contributed by atoms with E-state index in [2.05, 4.69) is 5.32 Å². The van der Waals surface area contributed by atoms with Gasteiger partial charge in [0.25, 0.3) is 0 Å². The fraction of sp³-hybridized carbons (Fsp3) is 0.600. The summed E-state index contributed by atoms with van der Waals surface area (Å²) in [6.45, 7) is 0. The van der Waals surface area contributed by atoms with Crippen LogP contribution in [0.3, 0.4) is 0 Å². The average molecular weight is 169 g/mol. The second kappa shape index (κ2) is 5.32. The Labute approximate surface area is 87.1 Å². The van der Waals surface area contributed by atoms with Gasteiger partial charge in [-0.15, -0.1) is 11.8 Å². The summed E-state index contributed by atoms with van der Waals surface area (Å²) < 4.78 is 0. The first kappa shape index (κ1) is 10.7. The van der Waals surface area contributed by atoms with Gasteiger partial charge < -0.3 is 1.43 Å². The summed E-state index contributed by atoms with van der Waals surface area (Å²) in [7, 11) is 0. The molecule has 0 aromatic heterocycles. The van der Waals surface area contributed by atoms with Crippen molar-refractivity contribution in [2.45, 2.75) is 6.04 Å². The molecule has 0 aromatic rings. The van der Waals surface area contributed by atoms with Crippen LogP contribution in [-0.2, 0) is 9.59 Å². The van der Waals surface area contributed by atoms with Crippen molar-refractivity contribution in [3.05, 3.63) is 0 Å². The molecule has 0 bridgehead atoms. The zero-order valence-electron chi connectivity index (χ0n) is 6.79. The summed E-state index contributed by atoms with van der Waals surface area (Å²) >= 11 is 1.64. The molecule has 0 aliphatic carbocycles. The van der Waals surface area contributed by atoms with Crippen molar-refractivity contribution >= 4 is 23.8 Å². The Morgan fingerprint density at radius 3 is 2.90 bits per heavy atom. The van der Waals surface area contributed by atoms with E-state index >= 15 is 0 Å². The summed E-state index contributed by atoms with van der Waals surface area (Å²) in [5, 5.41) is 2.89. The summed E-state index contributed by atoms with van der Waals surface area (Å²) in [4.78, 5) is 20.5. The number of Topliss-reactive ketones (excluding diaryl/α,β-unsaturated/α-hetero) is 1. The third kappa shape index (κ3) is 2.72. The van der Waals surface area contributed by atoms with Crippen LogP contribution in [0.2, 0.25) is 0 Å². The van der Waals surface area contributed by atoms with Gasteiger partial charge in [0.05, 0.1) is 6.04 Å². The number of carbonyl (C=O) groups excluding carboxylic acids is 2. The van der Waals surface area contributed by atoms with E-state index in [4.69, 9.17) is 0 Å². The monoisotopic (exact) mass is 169 g/mol. The van der Waals surface area contributed by atoms with Crippen molar-refractivity contribution in [3.8, 4) is 0 Å². The Balaban J connectivity index is 0. The van der Waals surface area contributed by atoms with Crippen LogP contribution in [0.5, 0.6) is 0 Å². The topological polar surface area (TPSA) is 46.2 Å². The minimum absolute atomic E-state index is 0. The quantitative estimate of drug-likeness (QED) is 0.265. The van der Waals surface area contributed by atoms with E-state index in [9.17, 15) is 9.59 Å². The Morgan fingerprint density at radius 2 is 2.50 bits per heavy atom. The maximum absolute atomic E-state index is 10.6. The molecule has 0 aromatic carbocycles. The van der Waals surface area contributed by atoms with E-state index < -0.39 is 0 Å². The molecule has 1 N–H and O–H groups in total. The largest absolute Gasteiger partial charge is 1.00 e. The summed E-state index contributed by atoms with van der Waals surface area (Å²) in [5.74, 6) is 1.18. The van der Waals surface area contributed by atoms with Crippen molar-refractivity contribution < 1.29 is 40.6 Å². The predicted molar refractivity (Wildman–Crippen MR) is 36.4 cm³/mol. The normalized spacial score (nSPS) is 23.4. The molecule has 1 rings (SSSR count). The first-order valence-corrected chi connectivity index (χ1v) is 3.80. The van der Waals surface area contributed by atoms with E-state index in [-0.39, 0.29) is 42.8 Å². The van der Waals surface area contributed by atoms with Gasteiger partial charge >= 0.3 is 29.6 Å². The first-order chi connectivity index (χ1) is 4.34. The molecule has 0 amide bonds. The maximum Gasteiger partial charge on any atom is 1.00 e. The number of hydrogen-bond donors (Lipinski definition) is 1. The van der Waals surface area contributed by atoms with Gasteiger partial charge in [-0.3, -0.25) is 14.9 Å². The van der Waals surface area contributed by atoms with Gasteiger partial charge in [-0.1, -0.05) is 0 Å². The number of nitrogens with one attached hydrogen (secondary N) is 1. The molecule has 1 fully saturated rings. The zero-order valence-corrected chi connectivity index (χ0v) is 8.61. The minimum Gasteiger partial charge on any atom is -1.00 e. The van der Waals surface area contributed by atoms with Crippen LogP contribution in [-0.4, -0.2) is 29.7 Å². The number of thioether (sulfide) groups is 1. The first-order valence-electron chi connectivity index (χ1n) is 2.65. The number of ketones is 1. The predicted octanol–water partition coefficient (Wildman–Crippen LogP) is -3.47. The SMILES string of the molecule is O=CC(=O)C1CSCN1.[H-].[Na+]. The van der Waals surface area contributed by atoms with Gasteiger partial charge in [0.2, 0.25) is 5.78 Å². The van der Waals surface area contributed by atoms with Crippen LogP contribution in [0.4, 0.5) is 0 Å². The molecule has 1 aliphatic rings. The van der Waals surface area contributed by atoms with Crippen molar-refractivity contribution in [1.29, 1.82) is 0 Å². The Hall–Kier alpha value is 0.650. The van der Waals surface area contributed by atoms with Crippen LogP contribution in [0.15, 0.2) is 0 Å². The molecule has 3 nitrogen and oxygen atoms in total. The average Bonchev–Trinajstić information content (AvgIpc) is 2.37. The van der Waals surface area contributed by atoms with E-state index in [0.717, 1.165) is 11.6 Å². The van der Waals surface area contributed by atoms with E-state index in [1.807, 2.05) is 0 Å². The van der Waals surface area contributed by atoms with Crippen molar-refractivity contribution in [3.63, 3.8) is 0 Å². The van der Waals surface area contributed by atoms with Crippen LogP contribution in [0.25, 0.3) is 0 Å². The summed E-state index contributed by atoms with van der Waals surface area (Å²) in [6.07, 6.45) is 0.379. The fourth-order valence-corrected chi connectivity index (χ4v) is 1.61. The van der Waals surface area contributed by atoms with Gasteiger partial charge in [-0.05, 0) is 0 Å². The van der Waals surface area contributed by atoms with Gasteiger partial charge in [-0.25, -0.2) is 0 Å². The molecule has 1 saturated heterocycles. The van der Waals surface area contributed by atoms with E-state index in [1.165, 1.54) is 0 Å². The Bertz CT molecular complexity index is 140. The minimum atomic E-state index is -0.333. The fourth-order valence-electron chi connectivity index (χ4n) is 0.660. The molecule has 0 saturated carbocycles. The molecule has 0 radical (unpaired) electrons. The molecule has 0 spiro atoms. The molecular weight excluding hydrogens is 161 g/mol. The van der Waals surface area contributed by atoms with Gasteiger partial charge in [0, 0.05) is 11.6 Å². The van der Waals surface area contributed by atoms with Crippen LogP contribution >= 0.6 is 11.8 Å². The van der Waals surface area contributed by atoms with Crippen molar-refractivity contribution in [1.82, 2.24) is 5.32 Å². The number of aldehydes is 1.